The first-order chi connectivity index (χ1) is 8.19. The molecule has 0 saturated heterocycles. The summed E-state index contributed by atoms with van der Waals surface area (Å²) < 4.78 is 15.9. The Morgan fingerprint density at radius 1 is 1.17 bits per heavy atom. The van der Waals surface area contributed by atoms with E-state index >= 15 is 0 Å². The van der Waals surface area contributed by atoms with Crippen molar-refractivity contribution in [3.63, 3.8) is 0 Å². The number of ether oxygens (including phenoxy) is 3. The Hall–Kier alpha value is -1.39. The largest absolute Gasteiger partial charge is 0.493 e. The summed E-state index contributed by atoms with van der Waals surface area (Å²) in [5, 5.41) is 0. The third-order valence-electron chi connectivity index (χ3n) is 2.55. The highest BCUT2D eigenvalue weighted by Gasteiger charge is 2.19. The molecule has 2 N–H and O–H groups in total. The van der Waals surface area contributed by atoms with Gasteiger partial charge in [0.1, 0.15) is 0 Å². The highest BCUT2D eigenvalue weighted by atomic mass is 35.5. The third kappa shape index (κ3) is 3.31. The Labute approximate surface area is 114 Å². The van der Waals surface area contributed by atoms with Gasteiger partial charge in [-0.15, -0.1) is 19.0 Å². The highest BCUT2D eigenvalue weighted by Crippen LogP contribution is 2.42. The molecule has 102 valence electrons. The topological polar surface area (TPSA) is 53.7 Å². The van der Waals surface area contributed by atoms with Gasteiger partial charge >= 0.3 is 0 Å². The zero-order valence-electron chi connectivity index (χ0n) is 10.9. The van der Waals surface area contributed by atoms with Crippen LogP contribution in [0.25, 0.3) is 0 Å². The molecule has 0 aliphatic heterocycles. The summed E-state index contributed by atoms with van der Waals surface area (Å²) in [6, 6.07) is 3.54. The lowest BCUT2D eigenvalue weighted by molar-refractivity contribution is 0.321. The average Bonchev–Trinajstić information content (AvgIpc) is 2.36. The van der Waals surface area contributed by atoms with Crippen LogP contribution in [0.2, 0.25) is 0 Å². The summed E-state index contributed by atoms with van der Waals surface area (Å²) in [6.07, 6.45) is 2.45. The van der Waals surface area contributed by atoms with Crippen LogP contribution >= 0.6 is 12.4 Å². The van der Waals surface area contributed by atoms with Crippen molar-refractivity contribution in [2.24, 2.45) is 5.73 Å². The molecule has 0 radical (unpaired) electrons. The maximum Gasteiger partial charge on any atom is 0.203 e. The quantitative estimate of drug-likeness (QED) is 0.810. The van der Waals surface area contributed by atoms with Gasteiger partial charge in [-0.2, -0.15) is 0 Å². The zero-order chi connectivity index (χ0) is 12.8. The molecule has 0 bridgehead atoms. The van der Waals surface area contributed by atoms with Crippen molar-refractivity contribution in [3.8, 4) is 17.2 Å². The van der Waals surface area contributed by atoms with Crippen LogP contribution < -0.4 is 19.9 Å². The molecule has 0 heterocycles. The van der Waals surface area contributed by atoms with Crippen molar-refractivity contribution >= 4 is 12.4 Å². The minimum atomic E-state index is -0.165. The molecule has 0 spiro atoms. The zero-order valence-corrected chi connectivity index (χ0v) is 11.8. The predicted octanol–water partition coefficient (Wildman–Crippen LogP) is 2.71. The van der Waals surface area contributed by atoms with E-state index in [9.17, 15) is 0 Å². The second kappa shape index (κ2) is 7.84. The van der Waals surface area contributed by atoms with Crippen molar-refractivity contribution in [1.82, 2.24) is 0 Å². The van der Waals surface area contributed by atoms with E-state index in [1.165, 1.54) is 0 Å². The highest BCUT2D eigenvalue weighted by molar-refractivity contribution is 5.85. The third-order valence-corrected chi connectivity index (χ3v) is 2.55. The summed E-state index contributed by atoms with van der Waals surface area (Å²) in [6.45, 7) is 3.68. The van der Waals surface area contributed by atoms with Crippen LogP contribution in [0.3, 0.4) is 0 Å². The van der Waals surface area contributed by atoms with Gasteiger partial charge in [0.25, 0.3) is 0 Å². The van der Waals surface area contributed by atoms with E-state index in [2.05, 4.69) is 6.58 Å². The molecule has 0 unspecified atom stereocenters. The van der Waals surface area contributed by atoms with E-state index < -0.39 is 0 Å². The first-order valence-electron chi connectivity index (χ1n) is 5.34. The molecule has 1 atom stereocenters. The minimum absolute atomic E-state index is 0. The van der Waals surface area contributed by atoms with Crippen LogP contribution in [0.5, 0.6) is 17.2 Å². The van der Waals surface area contributed by atoms with Crippen molar-refractivity contribution in [2.75, 3.05) is 21.3 Å². The molecule has 5 heteroatoms. The van der Waals surface area contributed by atoms with Gasteiger partial charge in [0.15, 0.2) is 11.5 Å². The van der Waals surface area contributed by atoms with Gasteiger partial charge in [-0.05, 0) is 18.6 Å². The van der Waals surface area contributed by atoms with Crippen molar-refractivity contribution in [2.45, 2.75) is 12.5 Å². The maximum absolute atomic E-state index is 6.05. The Balaban J connectivity index is 0.00000289. The van der Waals surface area contributed by atoms with Crippen LogP contribution in [-0.2, 0) is 0 Å². The average molecular weight is 274 g/mol. The molecule has 0 aromatic heterocycles. The van der Waals surface area contributed by atoms with E-state index in [0.29, 0.717) is 23.7 Å². The fourth-order valence-electron chi connectivity index (χ4n) is 1.72. The molecule has 18 heavy (non-hydrogen) atoms. The van der Waals surface area contributed by atoms with Gasteiger partial charge < -0.3 is 19.9 Å². The maximum atomic E-state index is 6.05. The first kappa shape index (κ1) is 16.6. The molecule has 0 amide bonds. The Morgan fingerprint density at radius 3 is 2.22 bits per heavy atom. The summed E-state index contributed by atoms with van der Waals surface area (Å²) in [4.78, 5) is 0. The molecule has 0 aliphatic carbocycles. The van der Waals surface area contributed by atoms with Gasteiger partial charge in [-0.25, -0.2) is 0 Å². The number of hydrogen-bond acceptors (Lipinski definition) is 4. The molecular formula is C13H20ClNO3. The number of rotatable bonds is 6. The summed E-state index contributed by atoms with van der Waals surface area (Å²) >= 11 is 0. The standard InChI is InChI=1S/C13H19NO3.ClH/c1-5-6-10(14)9-7-8-11(15-2)13(17-4)12(9)16-3;/h5,7-8,10H,1,6,14H2,2-4H3;1H/t10-;/m1./s1. The fourth-order valence-corrected chi connectivity index (χ4v) is 1.72. The smallest absolute Gasteiger partial charge is 0.203 e. The SMILES string of the molecule is C=CC[C@@H](N)c1ccc(OC)c(OC)c1OC.Cl. The van der Waals surface area contributed by atoms with Crippen LogP contribution in [0.15, 0.2) is 24.8 Å². The van der Waals surface area contributed by atoms with Gasteiger partial charge in [-0.1, -0.05) is 6.08 Å². The molecule has 4 nitrogen and oxygen atoms in total. The summed E-state index contributed by atoms with van der Waals surface area (Å²) in [5.41, 5.74) is 6.93. The van der Waals surface area contributed by atoms with Crippen molar-refractivity contribution < 1.29 is 14.2 Å². The molecule has 1 rings (SSSR count). The number of hydrogen-bond donors (Lipinski definition) is 1. The monoisotopic (exact) mass is 273 g/mol. The number of methoxy groups -OCH3 is 3. The van der Waals surface area contributed by atoms with Crippen LogP contribution in [-0.4, -0.2) is 21.3 Å². The van der Waals surface area contributed by atoms with Crippen molar-refractivity contribution in [1.29, 1.82) is 0 Å². The summed E-state index contributed by atoms with van der Waals surface area (Å²) in [5.74, 6) is 1.80. The van der Waals surface area contributed by atoms with E-state index in [0.717, 1.165) is 5.56 Å². The lowest BCUT2D eigenvalue weighted by Gasteiger charge is -2.18. The summed E-state index contributed by atoms with van der Waals surface area (Å²) in [7, 11) is 4.74. The number of nitrogens with two attached hydrogens (primary N) is 1. The normalized spacial score (nSPS) is 11.1. The fraction of sp³-hybridized carbons (Fsp3) is 0.385. The minimum Gasteiger partial charge on any atom is -0.493 e. The molecule has 1 aromatic carbocycles. The van der Waals surface area contributed by atoms with E-state index in [4.69, 9.17) is 19.9 Å². The Kier molecular flexibility index (Phi) is 7.24. The van der Waals surface area contributed by atoms with Gasteiger partial charge in [0, 0.05) is 11.6 Å². The van der Waals surface area contributed by atoms with Gasteiger partial charge in [-0.3, -0.25) is 0 Å². The second-order valence-corrected chi connectivity index (χ2v) is 3.55. The van der Waals surface area contributed by atoms with Gasteiger partial charge in [0.05, 0.1) is 21.3 Å². The van der Waals surface area contributed by atoms with Gasteiger partial charge in [0.2, 0.25) is 5.75 Å². The van der Waals surface area contributed by atoms with E-state index in [1.807, 2.05) is 12.1 Å². The first-order valence-corrected chi connectivity index (χ1v) is 5.34. The lowest BCUT2D eigenvalue weighted by Crippen LogP contribution is -2.11. The van der Waals surface area contributed by atoms with Crippen LogP contribution in [0.1, 0.15) is 18.0 Å². The Morgan fingerprint density at radius 2 is 1.78 bits per heavy atom. The molecule has 0 aliphatic rings. The molecule has 1 aromatic rings. The lowest BCUT2D eigenvalue weighted by atomic mass is 10.0. The van der Waals surface area contributed by atoms with Crippen molar-refractivity contribution in [3.05, 3.63) is 30.4 Å². The second-order valence-electron chi connectivity index (χ2n) is 3.55. The molecular weight excluding hydrogens is 254 g/mol. The van der Waals surface area contributed by atoms with Crippen LogP contribution in [0.4, 0.5) is 0 Å². The predicted molar refractivity (Wildman–Crippen MR) is 75.1 cm³/mol. The Bertz CT molecular complexity index is 396. The molecule has 0 fully saturated rings. The number of halogens is 1. The van der Waals surface area contributed by atoms with E-state index in [1.54, 1.807) is 27.4 Å². The van der Waals surface area contributed by atoms with E-state index in [-0.39, 0.29) is 18.4 Å². The number of benzene rings is 1. The van der Waals surface area contributed by atoms with Crippen LogP contribution in [0, 0.1) is 0 Å². The molecule has 0 saturated carbocycles.